The SMILES string of the molecule is COC(=O)N1[C@H]2[C@H]3[C@@H]4C5=C(CCCCCC5)[C@@](C(=O)OC)([C@@H]41)[C@]32C(=O)OC. The Labute approximate surface area is 158 Å². The Morgan fingerprint density at radius 3 is 2.19 bits per heavy atom. The van der Waals surface area contributed by atoms with Crippen molar-refractivity contribution in [3.05, 3.63) is 11.1 Å². The lowest BCUT2D eigenvalue weighted by Gasteiger charge is -2.36. The zero-order valence-corrected chi connectivity index (χ0v) is 15.9. The van der Waals surface area contributed by atoms with Crippen LogP contribution in [-0.2, 0) is 23.8 Å². The largest absolute Gasteiger partial charge is 0.468 e. The molecule has 6 bridgehead atoms. The number of carbonyl (C=O) groups excluding carboxylic acids is 3. The van der Waals surface area contributed by atoms with E-state index < -0.39 is 28.9 Å². The van der Waals surface area contributed by atoms with E-state index in [1.807, 2.05) is 0 Å². The normalized spacial score (nSPS) is 43.0. The molecule has 7 nitrogen and oxygen atoms in total. The van der Waals surface area contributed by atoms with Crippen LogP contribution in [0.25, 0.3) is 0 Å². The highest BCUT2D eigenvalue weighted by Crippen LogP contribution is 2.89. The molecule has 4 fully saturated rings. The van der Waals surface area contributed by atoms with Crippen molar-refractivity contribution in [3.8, 4) is 0 Å². The molecule has 0 aromatic carbocycles. The second kappa shape index (κ2) is 5.26. The van der Waals surface area contributed by atoms with Crippen LogP contribution in [0.1, 0.15) is 38.5 Å². The molecule has 0 spiro atoms. The van der Waals surface area contributed by atoms with Gasteiger partial charge in [0.1, 0.15) is 10.8 Å². The Hall–Kier alpha value is -2.05. The minimum absolute atomic E-state index is 0.0420. The van der Waals surface area contributed by atoms with Crippen molar-refractivity contribution in [2.75, 3.05) is 21.3 Å². The molecule has 146 valence electrons. The standard InChI is InChI=1S/C20H25NO6/c1-25-16(22)19-11-9-7-5-4-6-8-10(11)12-13-15(20(13,19)17(23)26-2)21(14(12)19)18(24)27-3/h12-15H,4-9H2,1-3H3/t12-,13+,14+,15-,19-,20+/m0/s1. The molecule has 2 saturated heterocycles. The molecule has 2 saturated carbocycles. The lowest BCUT2D eigenvalue weighted by molar-refractivity contribution is -0.164. The van der Waals surface area contributed by atoms with Gasteiger partial charge in [0, 0.05) is 11.8 Å². The van der Waals surface area contributed by atoms with E-state index >= 15 is 0 Å². The van der Waals surface area contributed by atoms with Crippen molar-refractivity contribution in [1.29, 1.82) is 0 Å². The summed E-state index contributed by atoms with van der Waals surface area (Å²) in [6, 6.07) is -0.714. The first-order valence-corrected chi connectivity index (χ1v) is 9.80. The molecule has 0 radical (unpaired) electrons. The Bertz CT molecular complexity index is 789. The second-order valence-electron chi connectivity index (χ2n) is 8.40. The number of amides is 1. The van der Waals surface area contributed by atoms with Gasteiger partial charge in [-0.1, -0.05) is 24.0 Å². The van der Waals surface area contributed by atoms with Gasteiger partial charge in [0.25, 0.3) is 0 Å². The molecule has 0 aromatic rings. The van der Waals surface area contributed by atoms with Crippen molar-refractivity contribution in [2.24, 2.45) is 22.7 Å². The van der Waals surface area contributed by atoms with Crippen LogP contribution in [0.4, 0.5) is 4.79 Å². The summed E-state index contributed by atoms with van der Waals surface area (Å²) in [5.41, 5.74) is 0.245. The molecule has 2 aliphatic heterocycles. The molecule has 6 rings (SSSR count). The van der Waals surface area contributed by atoms with E-state index in [-0.39, 0.29) is 23.9 Å². The van der Waals surface area contributed by atoms with Crippen molar-refractivity contribution >= 4 is 18.0 Å². The van der Waals surface area contributed by atoms with Crippen LogP contribution >= 0.6 is 0 Å². The topological polar surface area (TPSA) is 82.1 Å². The first-order chi connectivity index (χ1) is 13.0. The zero-order valence-electron chi connectivity index (χ0n) is 15.9. The van der Waals surface area contributed by atoms with Gasteiger partial charge in [0.05, 0.1) is 33.4 Å². The molecule has 6 atom stereocenters. The number of hydrogen-bond donors (Lipinski definition) is 0. The molecular weight excluding hydrogens is 350 g/mol. The summed E-state index contributed by atoms with van der Waals surface area (Å²) in [5, 5.41) is 0. The molecule has 0 aromatic heterocycles. The Kier molecular flexibility index (Phi) is 3.33. The van der Waals surface area contributed by atoms with Crippen molar-refractivity contribution in [2.45, 2.75) is 50.6 Å². The number of rotatable bonds is 2. The Morgan fingerprint density at radius 1 is 0.889 bits per heavy atom. The van der Waals surface area contributed by atoms with Crippen LogP contribution in [0.5, 0.6) is 0 Å². The number of methoxy groups -OCH3 is 3. The predicted octanol–water partition coefficient (Wildman–Crippen LogP) is 2.05. The van der Waals surface area contributed by atoms with Crippen LogP contribution in [-0.4, -0.2) is 56.3 Å². The summed E-state index contributed by atoms with van der Waals surface area (Å²) < 4.78 is 15.5. The molecular formula is C20H25NO6. The average Bonchev–Trinajstić information content (AvgIpc) is 2.90. The van der Waals surface area contributed by atoms with E-state index in [0.29, 0.717) is 0 Å². The van der Waals surface area contributed by atoms with Gasteiger partial charge in [-0.25, -0.2) is 4.79 Å². The van der Waals surface area contributed by atoms with Gasteiger partial charge < -0.3 is 14.2 Å². The van der Waals surface area contributed by atoms with Gasteiger partial charge in [-0.15, -0.1) is 0 Å². The summed E-state index contributed by atoms with van der Waals surface area (Å²) in [6.45, 7) is 0. The third-order valence-corrected chi connectivity index (χ3v) is 7.95. The maximum absolute atomic E-state index is 13.4. The first kappa shape index (κ1) is 17.1. The average molecular weight is 375 g/mol. The minimum atomic E-state index is -1.10. The summed E-state index contributed by atoms with van der Waals surface area (Å²) in [7, 11) is 4.07. The van der Waals surface area contributed by atoms with E-state index in [0.717, 1.165) is 37.7 Å². The predicted molar refractivity (Wildman–Crippen MR) is 92.4 cm³/mol. The van der Waals surface area contributed by atoms with Crippen molar-refractivity contribution in [1.82, 2.24) is 4.90 Å². The summed E-state index contributed by atoms with van der Waals surface area (Å²) >= 11 is 0. The van der Waals surface area contributed by atoms with Gasteiger partial charge in [0.15, 0.2) is 0 Å². The molecule has 6 aliphatic rings. The molecule has 0 N–H and O–H groups in total. The summed E-state index contributed by atoms with van der Waals surface area (Å²) in [5.74, 6) is -0.813. The monoisotopic (exact) mass is 375 g/mol. The van der Waals surface area contributed by atoms with Crippen LogP contribution in [0.3, 0.4) is 0 Å². The first-order valence-electron chi connectivity index (χ1n) is 9.80. The number of esters is 2. The van der Waals surface area contributed by atoms with E-state index in [1.165, 1.54) is 33.3 Å². The van der Waals surface area contributed by atoms with E-state index in [4.69, 9.17) is 14.2 Å². The number of ether oxygens (including phenoxy) is 3. The van der Waals surface area contributed by atoms with E-state index in [2.05, 4.69) is 0 Å². The molecule has 1 amide bonds. The fourth-order valence-corrected chi connectivity index (χ4v) is 7.46. The van der Waals surface area contributed by atoms with Crippen LogP contribution < -0.4 is 0 Å². The van der Waals surface area contributed by atoms with Crippen molar-refractivity contribution < 1.29 is 28.6 Å². The lowest BCUT2D eigenvalue weighted by Crippen LogP contribution is -2.50. The number of nitrogens with zero attached hydrogens (tertiary/aromatic N) is 1. The summed E-state index contributed by atoms with van der Waals surface area (Å²) in [4.78, 5) is 40.7. The number of carbonyl (C=O) groups is 3. The molecule has 4 aliphatic carbocycles. The zero-order chi connectivity index (χ0) is 19.1. The molecule has 2 heterocycles. The molecule has 0 unspecified atom stereocenters. The second-order valence-corrected chi connectivity index (χ2v) is 8.40. The number of piperidine rings is 2. The van der Waals surface area contributed by atoms with Crippen LogP contribution in [0, 0.1) is 22.7 Å². The minimum Gasteiger partial charge on any atom is -0.468 e. The third-order valence-electron chi connectivity index (χ3n) is 7.95. The van der Waals surface area contributed by atoms with Gasteiger partial charge in [0.2, 0.25) is 0 Å². The van der Waals surface area contributed by atoms with E-state index in [1.54, 1.807) is 4.90 Å². The van der Waals surface area contributed by atoms with Crippen LogP contribution in [0.2, 0.25) is 0 Å². The number of hydrogen-bond acceptors (Lipinski definition) is 6. The van der Waals surface area contributed by atoms with Crippen LogP contribution in [0.15, 0.2) is 11.1 Å². The highest BCUT2D eigenvalue weighted by Gasteiger charge is 3.01. The Balaban J connectivity index is 1.75. The Morgan fingerprint density at radius 2 is 1.56 bits per heavy atom. The van der Waals surface area contributed by atoms with Gasteiger partial charge in [-0.2, -0.15) is 0 Å². The maximum Gasteiger partial charge on any atom is 0.410 e. The summed E-state index contributed by atoms with van der Waals surface area (Å²) in [6.07, 6.45) is 5.61. The lowest BCUT2D eigenvalue weighted by atomic mass is 9.66. The van der Waals surface area contributed by atoms with E-state index in [9.17, 15) is 14.4 Å². The maximum atomic E-state index is 13.4. The molecule has 27 heavy (non-hydrogen) atoms. The van der Waals surface area contributed by atoms with Gasteiger partial charge in [-0.05, 0) is 25.7 Å². The quantitative estimate of drug-likeness (QED) is 0.417. The third kappa shape index (κ3) is 1.49. The fourth-order valence-electron chi connectivity index (χ4n) is 7.46. The van der Waals surface area contributed by atoms with Crippen molar-refractivity contribution in [3.63, 3.8) is 0 Å². The van der Waals surface area contributed by atoms with Gasteiger partial charge in [-0.3, -0.25) is 14.5 Å². The highest BCUT2D eigenvalue weighted by molar-refractivity contribution is 6.02. The highest BCUT2D eigenvalue weighted by atomic mass is 16.5. The van der Waals surface area contributed by atoms with Gasteiger partial charge >= 0.3 is 18.0 Å². The smallest absolute Gasteiger partial charge is 0.410 e. The fraction of sp³-hybridized carbons (Fsp3) is 0.750. The molecule has 7 heteroatoms.